The molecule has 0 radical (unpaired) electrons. The third-order valence-corrected chi connectivity index (χ3v) is 1.85. The van der Waals surface area contributed by atoms with Crippen LogP contribution in [0.25, 0.3) is 0 Å². The average molecular weight is 221 g/mol. The van der Waals surface area contributed by atoms with Crippen LogP contribution in [0, 0.1) is 22.0 Å². The molecule has 0 amide bonds. The van der Waals surface area contributed by atoms with Crippen molar-refractivity contribution in [2.45, 2.75) is 6.42 Å². The zero-order valence-corrected chi connectivity index (χ0v) is 8.77. The molecule has 0 aromatic heterocycles. The minimum atomic E-state index is -0.489. The summed E-state index contributed by atoms with van der Waals surface area (Å²) in [6, 6.07) is 4.21. The van der Waals surface area contributed by atoms with Gasteiger partial charge in [0.15, 0.2) is 0 Å². The molecule has 0 aliphatic heterocycles. The third kappa shape index (κ3) is 2.97. The van der Waals surface area contributed by atoms with Gasteiger partial charge >= 0.3 is 0 Å². The van der Waals surface area contributed by atoms with Gasteiger partial charge in [-0.2, -0.15) is 0 Å². The molecule has 0 heterocycles. The number of nitrogens with zero attached hydrogens (tertiary/aromatic N) is 1. The quantitative estimate of drug-likeness (QED) is 0.475. The van der Waals surface area contributed by atoms with E-state index in [0.717, 1.165) is 0 Å². The largest absolute Gasteiger partial charge is 0.495 e. The van der Waals surface area contributed by atoms with E-state index < -0.39 is 4.92 Å². The van der Waals surface area contributed by atoms with Gasteiger partial charge in [-0.05, 0) is 6.07 Å². The zero-order chi connectivity index (χ0) is 12.0. The molecule has 1 rings (SSSR count). The number of hydrogen-bond donors (Lipinski definition) is 1. The van der Waals surface area contributed by atoms with Gasteiger partial charge < -0.3 is 9.84 Å². The summed E-state index contributed by atoms with van der Waals surface area (Å²) < 4.78 is 5.02. The summed E-state index contributed by atoms with van der Waals surface area (Å²) in [6.45, 7) is -0.0375. The summed E-state index contributed by atoms with van der Waals surface area (Å²) in [5.41, 5.74) is 0.416. The second-order valence-corrected chi connectivity index (χ2v) is 2.92. The van der Waals surface area contributed by atoms with Crippen LogP contribution in [0.4, 0.5) is 5.69 Å². The Morgan fingerprint density at radius 1 is 1.56 bits per heavy atom. The molecular formula is C11H11NO4. The predicted molar refractivity (Wildman–Crippen MR) is 58.2 cm³/mol. The first-order valence-corrected chi connectivity index (χ1v) is 4.61. The molecule has 0 aliphatic carbocycles. The van der Waals surface area contributed by atoms with Crippen molar-refractivity contribution in [3.8, 4) is 17.6 Å². The van der Waals surface area contributed by atoms with E-state index in [0.29, 0.717) is 17.7 Å². The Morgan fingerprint density at radius 3 is 2.88 bits per heavy atom. The standard InChI is InChI=1S/C11H11NO4/c1-16-11-6-5-10(12(14)15)8-9(11)4-2-3-7-13/h5-6,8,13H,3,7H2,1H3. The number of rotatable bonds is 3. The van der Waals surface area contributed by atoms with E-state index in [9.17, 15) is 10.1 Å². The topological polar surface area (TPSA) is 72.6 Å². The van der Waals surface area contributed by atoms with Crippen LogP contribution in [0.2, 0.25) is 0 Å². The molecule has 5 nitrogen and oxygen atoms in total. The van der Waals surface area contributed by atoms with E-state index in [1.807, 2.05) is 0 Å². The molecule has 0 atom stereocenters. The lowest BCUT2D eigenvalue weighted by Crippen LogP contribution is -1.92. The number of non-ortho nitro benzene ring substituents is 1. The van der Waals surface area contributed by atoms with E-state index in [1.54, 1.807) is 0 Å². The Labute approximate surface area is 92.8 Å². The summed E-state index contributed by atoms with van der Waals surface area (Å²) in [6.07, 6.45) is 0.325. The number of aliphatic hydroxyl groups is 1. The lowest BCUT2D eigenvalue weighted by atomic mass is 10.2. The van der Waals surface area contributed by atoms with Gasteiger partial charge in [-0.15, -0.1) is 0 Å². The van der Waals surface area contributed by atoms with E-state index in [2.05, 4.69) is 11.8 Å². The van der Waals surface area contributed by atoms with Crippen molar-refractivity contribution in [1.29, 1.82) is 0 Å². The van der Waals surface area contributed by atoms with Gasteiger partial charge in [-0.3, -0.25) is 10.1 Å². The Hall–Kier alpha value is -2.06. The molecule has 0 bridgehead atoms. The predicted octanol–water partition coefficient (Wildman–Crippen LogP) is 1.34. The smallest absolute Gasteiger partial charge is 0.270 e. The van der Waals surface area contributed by atoms with Crippen molar-refractivity contribution >= 4 is 5.69 Å². The lowest BCUT2D eigenvalue weighted by Gasteiger charge is -2.02. The van der Waals surface area contributed by atoms with Gasteiger partial charge in [0, 0.05) is 18.6 Å². The van der Waals surface area contributed by atoms with Crippen molar-refractivity contribution in [3.63, 3.8) is 0 Å². The number of benzene rings is 1. The lowest BCUT2D eigenvalue weighted by molar-refractivity contribution is -0.384. The van der Waals surface area contributed by atoms with E-state index in [1.165, 1.54) is 25.3 Å². The summed E-state index contributed by atoms with van der Waals surface area (Å²) in [7, 11) is 1.47. The van der Waals surface area contributed by atoms with Crippen LogP contribution in [0.1, 0.15) is 12.0 Å². The number of methoxy groups -OCH3 is 1. The van der Waals surface area contributed by atoms with Gasteiger partial charge in [0.25, 0.3) is 5.69 Å². The van der Waals surface area contributed by atoms with Crippen molar-refractivity contribution in [2.75, 3.05) is 13.7 Å². The summed E-state index contributed by atoms with van der Waals surface area (Å²) in [5.74, 6) is 5.89. The van der Waals surface area contributed by atoms with Crippen LogP contribution < -0.4 is 4.74 Å². The van der Waals surface area contributed by atoms with Crippen LogP contribution in [0.5, 0.6) is 5.75 Å². The van der Waals surface area contributed by atoms with Crippen molar-refractivity contribution in [2.24, 2.45) is 0 Å². The Kier molecular flexibility index (Phi) is 4.30. The average Bonchev–Trinajstić information content (AvgIpc) is 2.29. The van der Waals surface area contributed by atoms with Gasteiger partial charge in [-0.1, -0.05) is 11.8 Å². The van der Waals surface area contributed by atoms with E-state index in [4.69, 9.17) is 9.84 Å². The first kappa shape index (κ1) is 12.0. The summed E-state index contributed by atoms with van der Waals surface area (Å²) >= 11 is 0. The summed E-state index contributed by atoms with van der Waals surface area (Å²) in [4.78, 5) is 10.1. The highest BCUT2D eigenvalue weighted by atomic mass is 16.6. The molecule has 0 saturated heterocycles. The summed E-state index contributed by atoms with van der Waals surface area (Å²) in [5, 5.41) is 19.1. The maximum absolute atomic E-state index is 10.6. The highest BCUT2D eigenvalue weighted by molar-refractivity contribution is 5.52. The molecule has 84 valence electrons. The minimum absolute atomic E-state index is 0.0332. The van der Waals surface area contributed by atoms with Crippen LogP contribution in [-0.4, -0.2) is 23.7 Å². The van der Waals surface area contributed by atoms with Crippen LogP contribution in [-0.2, 0) is 0 Å². The van der Waals surface area contributed by atoms with E-state index in [-0.39, 0.29) is 12.3 Å². The normalized spacial score (nSPS) is 9.12. The molecule has 5 heteroatoms. The van der Waals surface area contributed by atoms with Gasteiger partial charge in [0.05, 0.1) is 24.2 Å². The molecule has 16 heavy (non-hydrogen) atoms. The molecule has 0 unspecified atom stereocenters. The molecule has 0 aliphatic rings. The first-order chi connectivity index (χ1) is 7.69. The van der Waals surface area contributed by atoms with Crippen molar-refractivity contribution in [3.05, 3.63) is 33.9 Å². The van der Waals surface area contributed by atoms with Crippen molar-refractivity contribution < 1.29 is 14.8 Å². The van der Waals surface area contributed by atoms with Gasteiger partial charge in [0.1, 0.15) is 5.75 Å². The number of nitro benzene ring substituents is 1. The maximum atomic E-state index is 10.6. The third-order valence-electron chi connectivity index (χ3n) is 1.85. The number of ether oxygens (including phenoxy) is 1. The van der Waals surface area contributed by atoms with Crippen molar-refractivity contribution in [1.82, 2.24) is 0 Å². The first-order valence-electron chi connectivity index (χ1n) is 4.61. The SMILES string of the molecule is COc1ccc([N+](=O)[O-])cc1C#CCCO. The Morgan fingerprint density at radius 2 is 2.31 bits per heavy atom. The molecule has 0 spiro atoms. The van der Waals surface area contributed by atoms with Crippen LogP contribution >= 0.6 is 0 Å². The monoisotopic (exact) mass is 221 g/mol. The molecule has 0 saturated carbocycles. The second kappa shape index (κ2) is 5.73. The molecule has 1 aromatic carbocycles. The fraction of sp³-hybridized carbons (Fsp3) is 0.273. The highest BCUT2D eigenvalue weighted by Crippen LogP contribution is 2.22. The Balaban J connectivity index is 3.08. The fourth-order valence-electron chi connectivity index (χ4n) is 1.12. The van der Waals surface area contributed by atoms with Crippen LogP contribution in [0.15, 0.2) is 18.2 Å². The molecular weight excluding hydrogens is 210 g/mol. The molecule has 0 fully saturated rings. The number of nitro groups is 1. The highest BCUT2D eigenvalue weighted by Gasteiger charge is 2.09. The minimum Gasteiger partial charge on any atom is -0.495 e. The number of aliphatic hydroxyl groups excluding tert-OH is 1. The van der Waals surface area contributed by atoms with Crippen LogP contribution in [0.3, 0.4) is 0 Å². The maximum Gasteiger partial charge on any atom is 0.270 e. The Bertz CT molecular complexity index is 445. The van der Waals surface area contributed by atoms with Gasteiger partial charge in [0.2, 0.25) is 0 Å². The fourth-order valence-corrected chi connectivity index (χ4v) is 1.12. The van der Waals surface area contributed by atoms with Gasteiger partial charge in [-0.25, -0.2) is 0 Å². The second-order valence-electron chi connectivity index (χ2n) is 2.92. The molecule has 1 N–H and O–H groups in total. The number of hydrogen-bond acceptors (Lipinski definition) is 4. The zero-order valence-electron chi connectivity index (χ0n) is 8.77. The molecule has 1 aromatic rings. The van der Waals surface area contributed by atoms with E-state index >= 15 is 0 Å².